The normalized spacial score (nSPS) is 14.1. The summed E-state index contributed by atoms with van der Waals surface area (Å²) >= 11 is 0. The molecule has 0 spiro atoms. The molecule has 2 atom stereocenters. The highest BCUT2D eigenvalue weighted by molar-refractivity contribution is 5.75. The van der Waals surface area contributed by atoms with E-state index < -0.39 is 0 Å². The topological polar surface area (TPSA) is 51.2 Å². The zero-order valence-corrected chi connectivity index (χ0v) is 10.6. The number of pyridine rings is 1. The second-order valence-corrected chi connectivity index (χ2v) is 3.86. The minimum atomic E-state index is -0.271. The van der Waals surface area contributed by atoms with Gasteiger partial charge in [0.1, 0.15) is 6.04 Å². The van der Waals surface area contributed by atoms with Crippen molar-refractivity contribution >= 4 is 5.97 Å². The molecule has 0 fully saturated rings. The van der Waals surface area contributed by atoms with E-state index in [1.54, 1.807) is 6.20 Å². The van der Waals surface area contributed by atoms with Gasteiger partial charge in [-0.15, -0.1) is 0 Å². The highest BCUT2D eigenvalue weighted by Crippen LogP contribution is 2.10. The van der Waals surface area contributed by atoms with Crippen molar-refractivity contribution in [3.63, 3.8) is 0 Å². The lowest BCUT2D eigenvalue weighted by Gasteiger charge is -2.20. The van der Waals surface area contributed by atoms with Crippen LogP contribution in [-0.2, 0) is 9.53 Å². The molecule has 1 heterocycles. The maximum atomic E-state index is 11.6. The van der Waals surface area contributed by atoms with Gasteiger partial charge in [-0.1, -0.05) is 13.0 Å². The van der Waals surface area contributed by atoms with Gasteiger partial charge in [-0.3, -0.25) is 15.1 Å². The molecule has 1 rings (SSSR count). The molecule has 0 aliphatic rings. The van der Waals surface area contributed by atoms with Gasteiger partial charge in [-0.25, -0.2) is 0 Å². The average molecular weight is 236 g/mol. The van der Waals surface area contributed by atoms with Gasteiger partial charge in [-0.2, -0.15) is 0 Å². The zero-order chi connectivity index (χ0) is 12.7. The van der Waals surface area contributed by atoms with Crippen LogP contribution in [0.3, 0.4) is 0 Å². The molecule has 0 aromatic carbocycles. The highest BCUT2D eigenvalue weighted by Gasteiger charge is 2.20. The number of hydrogen-bond acceptors (Lipinski definition) is 4. The molecule has 4 nitrogen and oxygen atoms in total. The van der Waals surface area contributed by atoms with Crippen molar-refractivity contribution in [2.24, 2.45) is 0 Å². The van der Waals surface area contributed by atoms with E-state index in [1.165, 1.54) is 0 Å². The second-order valence-electron chi connectivity index (χ2n) is 3.86. The molecule has 0 aliphatic carbocycles. The van der Waals surface area contributed by atoms with Crippen LogP contribution in [0, 0.1) is 0 Å². The van der Waals surface area contributed by atoms with E-state index in [0.29, 0.717) is 13.0 Å². The van der Waals surface area contributed by atoms with Crippen molar-refractivity contribution in [2.75, 3.05) is 6.61 Å². The van der Waals surface area contributed by atoms with E-state index in [2.05, 4.69) is 10.3 Å². The molecule has 0 amide bonds. The summed E-state index contributed by atoms with van der Waals surface area (Å²) in [5.41, 5.74) is 0.926. The van der Waals surface area contributed by atoms with Gasteiger partial charge in [0.2, 0.25) is 0 Å². The van der Waals surface area contributed by atoms with Crippen molar-refractivity contribution < 1.29 is 9.53 Å². The third kappa shape index (κ3) is 4.15. The fraction of sp³-hybridized carbons (Fsp3) is 0.538. The number of rotatable bonds is 6. The Hall–Kier alpha value is -1.42. The van der Waals surface area contributed by atoms with Crippen LogP contribution in [0.1, 0.15) is 38.9 Å². The number of nitrogens with one attached hydrogen (secondary N) is 1. The minimum absolute atomic E-state index is 0.0329. The molecule has 1 N–H and O–H groups in total. The quantitative estimate of drug-likeness (QED) is 0.768. The van der Waals surface area contributed by atoms with E-state index in [1.807, 2.05) is 39.0 Å². The smallest absolute Gasteiger partial charge is 0.323 e. The molecule has 17 heavy (non-hydrogen) atoms. The van der Waals surface area contributed by atoms with Crippen molar-refractivity contribution in [1.29, 1.82) is 0 Å². The van der Waals surface area contributed by atoms with Crippen molar-refractivity contribution in [3.8, 4) is 0 Å². The van der Waals surface area contributed by atoms with Crippen LogP contribution in [-0.4, -0.2) is 23.6 Å². The van der Waals surface area contributed by atoms with E-state index in [-0.39, 0.29) is 18.1 Å². The van der Waals surface area contributed by atoms with Crippen LogP contribution in [0.2, 0.25) is 0 Å². The average Bonchev–Trinajstić information content (AvgIpc) is 2.37. The molecule has 0 saturated carbocycles. The maximum Gasteiger partial charge on any atom is 0.323 e. The maximum absolute atomic E-state index is 11.6. The van der Waals surface area contributed by atoms with Crippen molar-refractivity contribution in [1.82, 2.24) is 10.3 Å². The summed E-state index contributed by atoms with van der Waals surface area (Å²) in [6.07, 6.45) is 2.45. The van der Waals surface area contributed by atoms with Crippen LogP contribution in [0.5, 0.6) is 0 Å². The summed E-state index contributed by atoms with van der Waals surface area (Å²) in [6, 6.07) is 5.51. The van der Waals surface area contributed by atoms with Gasteiger partial charge in [-0.05, 0) is 32.4 Å². The number of carbonyl (C=O) groups is 1. The molecule has 0 bridgehead atoms. The minimum Gasteiger partial charge on any atom is -0.465 e. The third-order valence-electron chi connectivity index (χ3n) is 2.56. The number of carbonyl (C=O) groups excluding carboxylic acids is 1. The molecular formula is C13H20N2O2. The van der Waals surface area contributed by atoms with Crippen molar-refractivity contribution in [3.05, 3.63) is 30.1 Å². The van der Waals surface area contributed by atoms with Gasteiger partial charge in [0.15, 0.2) is 0 Å². The second kappa shape index (κ2) is 7.01. The van der Waals surface area contributed by atoms with Gasteiger partial charge in [0, 0.05) is 12.2 Å². The largest absolute Gasteiger partial charge is 0.465 e. The summed E-state index contributed by atoms with van der Waals surface area (Å²) < 4.78 is 5.01. The van der Waals surface area contributed by atoms with Crippen LogP contribution in [0.15, 0.2) is 24.4 Å². The van der Waals surface area contributed by atoms with Gasteiger partial charge in [0.25, 0.3) is 0 Å². The molecule has 0 aliphatic heterocycles. The van der Waals surface area contributed by atoms with Gasteiger partial charge >= 0.3 is 5.97 Å². The van der Waals surface area contributed by atoms with Gasteiger partial charge in [0.05, 0.1) is 12.3 Å². The Morgan fingerprint density at radius 2 is 2.24 bits per heavy atom. The summed E-state index contributed by atoms with van der Waals surface area (Å²) in [5.74, 6) is -0.196. The first-order chi connectivity index (χ1) is 8.19. The predicted octanol–water partition coefficient (Wildman–Crippen LogP) is 2.07. The Bertz CT molecular complexity index is 341. The monoisotopic (exact) mass is 236 g/mol. The number of aromatic nitrogens is 1. The number of ether oxygens (including phenoxy) is 1. The van der Waals surface area contributed by atoms with E-state index >= 15 is 0 Å². The molecule has 1 aromatic rings. The molecule has 0 saturated heterocycles. The molecule has 1 unspecified atom stereocenters. The first-order valence-corrected chi connectivity index (χ1v) is 6.02. The summed E-state index contributed by atoms with van der Waals surface area (Å²) in [7, 11) is 0. The number of hydrogen-bond donors (Lipinski definition) is 1. The Morgan fingerprint density at radius 1 is 1.47 bits per heavy atom. The van der Waals surface area contributed by atoms with E-state index in [0.717, 1.165) is 5.69 Å². The lowest BCUT2D eigenvalue weighted by Crippen LogP contribution is -2.39. The first kappa shape index (κ1) is 13.6. The van der Waals surface area contributed by atoms with E-state index in [9.17, 15) is 4.79 Å². The Morgan fingerprint density at radius 3 is 2.76 bits per heavy atom. The molecule has 4 heteroatoms. The zero-order valence-electron chi connectivity index (χ0n) is 10.6. The summed E-state index contributed by atoms with van der Waals surface area (Å²) in [6.45, 7) is 6.17. The molecular weight excluding hydrogens is 216 g/mol. The fourth-order valence-electron chi connectivity index (χ4n) is 1.61. The van der Waals surface area contributed by atoms with Crippen LogP contribution < -0.4 is 5.32 Å². The lowest BCUT2D eigenvalue weighted by molar-refractivity contribution is -0.146. The predicted molar refractivity (Wildman–Crippen MR) is 66.5 cm³/mol. The summed E-state index contributed by atoms with van der Waals surface area (Å²) in [4.78, 5) is 15.9. The lowest BCUT2D eigenvalue weighted by atomic mass is 10.1. The molecule has 94 valence electrons. The highest BCUT2D eigenvalue weighted by atomic mass is 16.5. The van der Waals surface area contributed by atoms with Crippen LogP contribution >= 0.6 is 0 Å². The number of nitrogens with zero attached hydrogens (tertiary/aromatic N) is 1. The Labute approximate surface area is 102 Å². The summed E-state index contributed by atoms with van der Waals surface area (Å²) in [5, 5.41) is 3.23. The molecule has 0 radical (unpaired) electrons. The first-order valence-electron chi connectivity index (χ1n) is 6.02. The standard InChI is InChI=1S/C13H20N2O2/c1-4-11(13(16)17-5-2)15-10(3)12-8-6-7-9-14-12/h6-11,15H,4-5H2,1-3H3/t10-,11?/m1/s1. The molecule has 1 aromatic heterocycles. The Kier molecular flexibility index (Phi) is 5.63. The van der Waals surface area contributed by atoms with Gasteiger partial charge < -0.3 is 4.74 Å². The number of esters is 1. The SMILES string of the molecule is CCOC(=O)C(CC)N[C@H](C)c1ccccn1. The van der Waals surface area contributed by atoms with Crippen LogP contribution in [0.25, 0.3) is 0 Å². The third-order valence-corrected chi connectivity index (χ3v) is 2.56. The van der Waals surface area contributed by atoms with E-state index in [4.69, 9.17) is 4.74 Å². The van der Waals surface area contributed by atoms with Crippen LogP contribution in [0.4, 0.5) is 0 Å². The van der Waals surface area contributed by atoms with Crippen molar-refractivity contribution in [2.45, 2.75) is 39.3 Å². The Balaban J connectivity index is 2.59. The fourth-order valence-corrected chi connectivity index (χ4v) is 1.61.